The fourth-order valence-electron chi connectivity index (χ4n) is 2.80. The van der Waals surface area contributed by atoms with Gasteiger partial charge in [-0.05, 0) is 26.2 Å². The molecule has 0 radical (unpaired) electrons. The zero-order valence-corrected chi connectivity index (χ0v) is 12.9. The first-order valence-corrected chi connectivity index (χ1v) is 7.37. The van der Waals surface area contributed by atoms with Gasteiger partial charge in [0.05, 0.1) is 5.54 Å². The highest BCUT2D eigenvalue weighted by Gasteiger charge is 2.33. The van der Waals surface area contributed by atoms with E-state index in [0.29, 0.717) is 5.84 Å². The highest BCUT2D eigenvalue weighted by atomic mass is 16.4. The minimum atomic E-state index is -0.365. The SMILES string of the molecule is CCCC(C)CN1CCN(C(C)(C)C(N)=NO)CC1. The quantitative estimate of drug-likeness (QED) is 0.333. The van der Waals surface area contributed by atoms with E-state index in [9.17, 15) is 0 Å². The standard InChI is InChI=1S/C14H30N4O/c1-5-6-12(2)11-17-7-9-18(10-8-17)14(3,4)13(15)16-19/h12,19H,5-11H2,1-4H3,(H2,15,16). The van der Waals surface area contributed by atoms with Crippen LogP contribution in [0.15, 0.2) is 5.16 Å². The normalized spacial score (nSPS) is 21.6. The summed E-state index contributed by atoms with van der Waals surface area (Å²) in [5.41, 5.74) is 5.42. The van der Waals surface area contributed by atoms with Crippen molar-refractivity contribution < 1.29 is 5.21 Å². The van der Waals surface area contributed by atoms with E-state index in [-0.39, 0.29) is 5.54 Å². The molecule has 5 nitrogen and oxygen atoms in total. The molecular formula is C14H30N4O. The molecule has 0 aromatic heterocycles. The molecule has 5 heteroatoms. The first-order chi connectivity index (χ1) is 8.91. The zero-order valence-electron chi connectivity index (χ0n) is 12.9. The van der Waals surface area contributed by atoms with E-state index in [1.54, 1.807) is 0 Å². The minimum absolute atomic E-state index is 0.292. The summed E-state index contributed by atoms with van der Waals surface area (Å²) in [4.78, 5) is 4.82. The van der Waals surface area contributed by atoms with Crippen molar-refractivity contribution in [2.24, 2.45) is 16.8 Å². The molecule has 3 N–H and O–H groups in total. The number of hydrogen-bond donors (Lipinski definition) is 2. The molecular weight excluding hydrogens is 240 g/mol. The van der Waals surface area contributed by atoms with Gasteiger partial charge in [0, 0.05) is 32.7 Å². The van der Waals surface area contributed by atoms with Gasteiger partial charge in [0.15, 0.2) is 5.84 Å². The van der Waals surface area contributed by atoms with Crippen LogP contribution < -0.4 is 5.73 Å². The van der Waals surface area contributed by atoms with Crippen LogP contribution in [0.3, 0.4) is 0 Å². The Kier molecular flexibility index (Phi) is 6.07. The fourth-order valence-corrected chi connectivity index (χ4v) is 2.80. The molecule has 0 bridgehead atoms. The van der Waals surface area contributed by atoms with Crippen molar-refractivity contribution in [2.45, 2.75) is 46.1 Å². The third-order valence-corrected chi connectivity index (χ3v) is 4.25. The van der Waals surface area contributed by atoms with Crippen LogP contribution in [0, 0.1) is 5.92 Å². The maximum Gasteiger partial charge on any atom is 0.159 e. The van der Waals surface area contributed by atoms with Crippen molar-refractivity contribution in [3.63, 3.8) is 0 Å². The highest BCUT2D eigenvalue weighted by molar-refractivity contribution is 5.88. The van der Waals surface area contributed by atoms with Crippen molar-refractivity contribution in [3.05, 3.63) is 0 Å². The van der Waals surface area contributed by atoms with Crippen LogP contribution >= 0.6 is 0 Å². The molecule has 1 fully saturated rings. The van der Waals surface area contributed by atoms with Gasteiger partial charge in [-0.25, -0.2) is 0 Å². The number of amidine groups is 1. The predicted octanol–water partition coefficient (Wildman–Crippen LogP) is 1.57. The number of hydrogen-bond acceptors (Lipinski definition) is 4. The summed E-state index contributed by atoms with van der Waals surface area (Å²) < 4.78 is 0. The second-order valence-electron chi connectivity index (χ2n) is 6.23. The molecule has 112 valence electrons. The monoisotopic (exact) mass is 270 g/mol. The van der Waals surface area contributed by atoms with Gasteiger partial charge in [-0.1, -0.05) is 25.4 Å². The summed E-state index contributed by atoms with van der Waals surface area (Å²) in [6, 6.07) is 0. The largest absolute Gasteiger partial charge is 0.409 e. The van der Waals surface area contributed by atoms with Gasteiger partial charge in [0.25, 0.3) is 0 Å². The van der Waals surface area contributed by atoms with Crippen molar-refractivity contribution in [1.82, 2.24) is 9.80 Å². The van der Waals surface area contributed by atoms with Crippen LogP contribution in [0.25, 0.3) is 0 Å². The average molecular weight is 270 g/mol. The van der Waals surface area contributed by atoms with E-state index in [0.717, 1.165) is 32.1 Å². The van der Waals surface area contributed by atoms with Crippen LogP contribution in [-0.4, -0.2) is 59.1 Å². The van der Waals surface area contributed by atoms with Gasteiger partial charge in [-0.3, -0.25) is 4.90 Å². The fraction of sp³-hybridized carbons (Fsp3) is 0.929. The average Bonchev–Trinajstić information content (AvgIpc) is 2.38. The van der Waals surface area contributed by atoms with Crippen LogP contribution in [-0.2, 0) is 0 Å². The van der Waals surface area contributed by atoms with E-state index in [2.05, 4.69) is 28.8 Å². The highest BCUT2D eigenvalue weighted by Crippen LogP contribution is 2.18. The molecule has 0 spiro atoms. The first-order valence-electron chi connectivity index (χ1n) is 7.37. The second-order valence-corrected chi connectivity index (χ2v) is 6.23. The van der Waals surface area contributed by atoms with Crippen molar-refractivity contribution in [1.29, 1.82) is 0 Å². The molecule has 0 aromatic carbocycles. The van der Waals surface area contributed by atoms with Crippen LogP contribution in [0.5, 0.6) is 0 Å². The van der Waals surface area contributed by atoms with Gasteiger partial charge in [-0.2, -0.15) is 0 Å². The lowest BCUT2D eigenvalue weighted by Gasteiger charge is -2.43. The summed E-state index contributed by atoms with van der Waals surface area (Å²) in [5.74, 6) is 1.06. The molecule has 1 atom stereocenters. The number of nitrogens with zero attached hydrogens (tertiary/aromatic N) is 3. The molecule has 1 unspecified atom stereocenters. The smallest absolute Gasteiger partial charge is 0.159 e. The van der Waals surface area contributed by atoms with Gasteiger partial charge in [0.1, 0.15) is 0 Å². The van der Waals surface area contributed by atoms with Gasteiger partial charge < -0.3 is 15.8 Å². The molecule has 1 heterocycles. The number of rotatable bonds is 6. The zero-order chi connectivity index (χ0) is 14.5. The van der Waals surface area contributed by atoms with Crippen molar-refractivity contribution >= 4 is 5.84 Å². The molecule has 0 saturated carbocycles. The Hall–Kier alpha value is -0.810. The Balaban J connectivity index is 2.45. The number of piperazine rings is 1. The second kappa shape index (κ2) is 7.10. The van der Waals surface area contributed by atoms with Crippen LogP contribution in [0.2, 0.25) is 0 Å². The van der Waals surface area contributed by atoms with Gasteiger partial charge in [0.2, 0.25) is 0 Å². The molecule has 1 aliphatic rings. The minimum Gasteiger partial charge on any atom is -0.409 e. The third-order valence-electron chi connectivity index (χ3n) is 4.25. The summed E-state index contributed by atoms with van der Waals surface area (Å²) in [6.07, 6.45) is 2.56. The van der Waals surface area contributed by atoms with E-state index < -0.39 is 0 Å². The van der Waals surface area contributed by atoms with E-state index >= 15 is 0 Å². The van der Waals surface area contributed by atoms with Crippen LogP contribution in [0.1, 0.15) is 40.5 Å². The topological polar surface area (TPSA) is 65.1 Å². The molecule has 1 saturated heterocycles. The van der Waals surface area contributed by atoms with Crippen molar-refractivity contribution in [3.8, 4) is 0 Å². The maximum atomic E-state index is 8.86. The molecule has 0 aromatic rings. The Morgan fingerprint density at radius 3 is 2.37 bits per heavy atom. The van der Waals surface area contributed by atoms with Gasteiger partial charge >= 0.3 is 0 Å². The lowest BCUT2D eigenvalue weighted by atomic mass is 9.99. The molecule has 1 aliphatic heterocycles. The summed E-state index contributed by atoms with van der Waals surface area (Å²) in [6.45, 7) is 13.9. The third kappa shape index (κ3) is 4.35. The Morgan fingerprint density at radius 2 is 1.89 bits per heavy atom. The lowest BCUT2D eigenvalue weighted by Crippen LogP contribution is -2.60. The molecule has 0 amide bonds. The Bertz CT molecular complexity index is 296. The first kappa shape index (κ1) is 16.2. The number of oxime groups is 1. The van der Waals surface area contributed by atoms with Gasteiger partial charge in [-0.15, -0.1) is 0 Å². The molecule has 0 aliphatic carbocycles. The number of nitrogens with two attached hydrogens (primary N) is 1. The summed E-state index contributed by atoms with van der Waals surface area (Å²) in [5, 5.41) is 12.0. The van der Waals surface area contributed by atoms with E-state index in [1.165, 1.54) is 19.4 Å². The Morgan fingerprint density at radius 1 is 1.32 bits per heavy atom. The van der Waals surface area contributed by atoms with Crippen molar-refractivity contribution in [2.75, 3.05) is 32.7 Å². The van der Waals surface area contributed by atoms with Crippen LogP contribution in [0.4, 0.5) is 0 Å². The maximum absolute atomic E-state index is 8.86. The Labute approximate surface area is 117 Å². The van der Waals surface area contributed by atoms with E-state index in [4.69, 9.17) is 10.9 Å². The summed E-state index contributed by atoms with van der Waals surface area (Å²) >= 11 is 0. The predicted molar refractivity (Wildman–Crippen MR) is 79.6 cm³/mol. The van der Waals surface area contributed by atoms with E-state index in [1.807, 2.05) is 13.8 Å². The lowest BCUT2D eigenvalue weighted by molar-refractivity contribution is 0.0750. The molecule has 19 heavy (non-hydrogen) atoms. The molecule has 1 rings (SSSR count). The summed E-state index contributed by atoms with van der Waals surface area (Å²) in [7, 11) is 0.